The molecule has 102 valence electrons. The van der Waals surface area contributed by atoms with Crippen molar-refractivity contribution in [2.45, 2.75) is 26.9 Å². The van der Waals surface area contributed by atoms with E-state index in [0.29, 0.717) is 0 Å². The Kier molecular flexibility index (Phi) is 3.18. The lowest BCUT2D eigenvalue weighted by Crippen LogP contribution is -2.04. The van der Waals surface area contributed by atoms with Crippen molar-refractivity contribution in [3.8, 4) is 5.75 Å². The molecule has 3 heteroatoms. The molecule has 1 atom stereocenters. The molecule has 0 radical (unpaired) electrons. The Hall–Kier alpha value is -2.29. The van der Waals surface area contributed by atoms with Gasteiger partial charge in [0.05, 0.1) is 11.0 Å². The number of H-pyrrole nitrogens is 1. The second-order valence-electron chi connectivity index (χ2n) is 5.15. The molecular formula is C17H18N2O. The minimum atomic E-state index is -0.106. The van der Waals surface area contributed by atoms with Crippen molar-refractivity contribution in [2.24, 2.45) is 0 Å². The topological polar surface area (TPSA) is 37.9 Å². The minimum Gasteiger partial charge on any atom is -0.483 e. The summed E-state index contributed by atoms with van der Waals surface area (Å²) in [5, 5.41) is 0. The molecule has 3 rings (SSSR count). The fourth-order valence-corrected chi connectivity index (χ4v) is 2.24. The molecule has 3 nitrogen and oxygen atoms in total. The van der Waals surface area contributed by atoms with E-state index in [2.05, 4.69) is 35.9 Å². The maximum Gasteiger partial charge on any atom is 0.153 e. The zero-order valence-electron chi connectivity index (χ0n) is 12.0. The molecule has 0 spiro atoms. The Morgan fingerprint density at radius 3 is 2.50 bits per heavy atom. The number of rotatable bonds is 3. The quantitative estimate of drug-likeness (QED) is 0.766. The summed E-state index contributed by atoms with van der Waals surface area (Å²) < 4.78 is 5.90. The number of benzene rings is 2. The van der Waals surface area contributed by atoms with Crippen LogP contribution in [0.2, 0.25) is 0 Å². The lowest BCUT2D eigenvalue weighted by molar-refractivity contribution is 0.218. The zero-order chi connectivity index (χ0) is 14.1. The van der Waals surface area contributed by atoms with Gasteiger partial charge >= 0.3 is 0 Å². The molecule has 1 N–H and O–H groups in total. The number of aromatic nitrogens is 2. The van der Waals surface area contributed by atoms with Gasteiger partial charge in [0.2, 0.25) is 0 Å². The number of aromatic amines is 1. The average molecular weight is 266 g/mol. The highest BCUT2D eigenvalue weighted by atomic mass is 16.5. The highest BCUT2D eigenvalue weighted by molar-refractivity contribution is 5.77. The van der Waals surface area contributed by atoms with Crippen LogP contribution in [-0.4, -0.2) is 9.97 Å². The summed E-state index contributed by atoms with van der Waals surface area (Å²) in [6.45, 7) is 6.22. The van der Waals surface area contributed by atoms with Gasteiger partial charge < -0.3 is 9.72 Å². The van der Waals surface area contributed by atoms with Crippen molar-refractivity contribution in [3.05, 3.63) is 59.4 Å². The molecule has 0 unspecified atom stereocenters. The van der Waals surface area contributed by atoms with Crippen molar-refractivity contribution in [1.82, 2.24) is 9.97 Å². The molecular weight excluding hydrogens is 248 g/mol. The summed E-state index contributed by atoms with van der Waals surface area (Å²) in [6, 6.07) is 14.1. The molecule has 0 fully saturated rings. The van der Waals surface area contributed by atoms with Crippen LogP contribution in [0.15, 0.2) is 42.5 Å². The lowest BCUT2D eigenvalue weighted by Gasteiger charge is -2.11. The van der Waals surface area contributed by atoms with Crippen LogP contribution in [0.4, 0.5) is 0 Å². The van der Waals surface area contributed by atoms with E-state index in [4.69, 9.17) is 4.74 Å². The molecule has 0 bridgehead atoms. The Morgan fingerprint density at radius 1 is 1.05 bits per heavy atom. The zero-order valence-corrected chi connectivity index (χ0v) is 12.0. The van der Waals surface area contributed by atoms with Crippen LogP contribution in [0.3, 0.4) is 0 Å². The van der Waals surface area contributed by atoms with E-state index >= 15 is 0 Å². The number of hydrogen-bond acceptors (Lipinski definition) is 2. The van der Waals surface area contributed by atoms with Gasteiger partial charge in [-0.25, -0.2) is 4.98 Å². The lowest BCUT2D eigenvalue weighted by atomic mass is 10.1. The van der Waals surface area contributed by atoms with Crippen molar-refractivity contribution in [3.63, 3.8) is 0 Å². The van der Waals surface area contributed by atoms with Crippen LogP contribution < -0.4 is 4.74 Å². The number of nitrogens with one attached hydrogen (secondary N) is 1. The van der Waals surface area contributed by atoms with Crippen molar-refractivity contribution >= 4 is 11.0 Å². The van der Waals surface area contributed by atoms with Gasteiger partial charge in [-0.1, -0.05) is 18.2 Å². The van der Waals surface area contributed by atoms with E-state index in [0.717, 1.165) is 22.6 Å². The van der Waals surface area contributed by atoms with Crippen LogP contribution in [0.25, 0.3) is 11.0 Å². The number of hydrogen-bond donors (Lipinski definition) is 1. The van der Waals surface area contributed by atoms with Gasteiger partial charge in [-0.15, -0.1) is 0 Å². The smallest absolute Gasteiger partial charge is 0.153 e. The van der Waals surface area contributed by atoms with Crippen LogP contribution in [0.1, 0.15) is 30.0 Å². The SMILES string of the molecule is Cc1cc2nc([C@@H](C)Oc3ccccc3)[nH]c2cc1C. The first-order valence-electron chi connectivity index (χ1n) is 6.82. The standard InChI is InChI=1S/C17H18N2O/c1-11-9-15-16(10-12(11)2)19-17(18-15)13(3)20-14-7-5-4-6-8-14/h4-10,13H,1-3H3,(H,18,19)/t13-/m1/s1. The maximum atomic E-state index is 5.90. The van der Waals surface area contributed by atoms with E-state index in [1.165, 1.54) is 11.1 Å². The molecule has 0 aliphatic rings. The molecule has 0 aliphatic heterocycles. The molecule has 0 aliphatic carbocycles. The number of fused-ring (bicyclic) bond motifs is 1. The largest absolute Gasteiger partial charge is 0.483 e. The Morgan fingerprint density at radius 2 is 1.75 bits per heavy atom. The summed E-state index contributed by atoms with van der Waals surface area (Å²) in [4.78, 5) is 7.98. The highest BCUT2D eigenvalue weighted by Gasteiger charge is 2.13. The third-order valence-corrected chi connectivity index (χ3v) is 3.56. The van der Waals surface area contributed by atoms with E-state index in [1.807, 2.05) is 37.3 Å². The first-order valence-corrected chi connectivity index (χ1v) is 6.82. The van der Waals surface area contributed by atoms with Crippen LogP contribution in [-0.2, 0) is 0 Å². The summed E-state index contributed by atoms with van der Waals surface area (Å²) in [7, 11) is 0. The molecule has 0 saturated carbocycles. The van der Waals surface area contributed by atoms with E-state index in [1.54, 1.807) is 0 Å². The Bertz CT molecular complexity index is 692. The first-order chi connectivity index (χ1) is 9.63. The summed E-state index contributed by atoms with van der Waals surface area (Å²) in [5.74, 6) is 1.71. The van der Waals surface area contributed by atoms with Crippen molar-refractivity contribution in [2.75, 3.05) is 0 Å². The van der Waals surface area contributed by atoms with Crippen molar-refractivity contribution in [1.29, 1.82) is 0 Å². The van der Waals surface area contributed by atoms with Crippen molar-refractivity contribution < 1.29 is 4.74 Å². The molecule has 0 amide bonds. The van der Waals surface area contributed by atoms with Gasteiger partial charge in [-0.2, -0.15) is 0 Å². The average Bonchev–Trinajstić information content (AvgIpc) is 2.83. The van der Waals surface area contributed by atoms with Gasteiger partial charge in [-0.3, -0.25) is 0 Å². The number of para-hydroxylation sites is 1. The van der Waals surface area contributed by atoms with Crippen LogP contribution in [0, 0.1) is 13.8 Å². The maximum absolute atomic E-state index is 5.90. The minimum absolute atomic E-state index is 0.106. The van der Waals surface area contributed by atoms with Gasteiger partial charge in [0.1, 0.15) is 11.6 Å². The number of ether oxygens (including phenoxy) is 1. The van der Waals surface area contributed by atoms with E-state index in [9.17, 15) is 0 Å². The normalized spacial score (nSPS) is 12.6. The highest BCUT2D eigenvalue weighted by Crippen LogP contribution is 2.23. The predicted molar refractivity (Wildman–Crippen MR) is 81.1 cm³/mol. The third-order valence-electron chi connectivity index (χ3n) is 3.56. The number of nitrogens with zero attached hydrogens (tertiary/aromatic N) is 1. The molecule has 1 heterocycles. The number of imidazole rings is 1. The predicted octanol–water partition coefficient (Wildman–Crippen LogP) is 4.32. The molecule has 1 aromatic heterocycles. The molecule has 0 saturated heterocycles. The van der Waals surface area contributed by atoms with Crippen LogP contribution >= 0.6 is 0 Å². The molecule has 20 heavy (non-hydrogen) atoms. The Balaban J connectivity index is 1.90. The molecule has 2 aromatic carbocycles. The van der Waals surface area contributed by atoms with Gasteiger partial charge in [0.15, 0.2) is 6.10 Å². The number of aryl methyl sites for hydroxylation is 2. The summed E-state index contributed by atoms with van der Waals surface area (Å²) >= 11 is 0. The van der Waals surface area contributed by atoms with E-state index < -0.39 is 0 Å². The Labute approximate surface area is 118 Å². The third kappa shape index (κ3) is 2.39. The first kappa shape index (κ1) is 12.7. The second kappa shape index (κ2) is 5.00. The van der Waals surface area contributed by atoms with Gasteiger partial charge in [-0.05, 0) is 56.2 Å². The fourth-order valence-electron chi connectivity index (χ4n) is 2.24. The monoisotopic (exact) mass is 266 g/mol. The molecule has 3 aromatic rings. The van der Waals surface area contributed by atoms with Gasteiger partial charge in [0.25, 0.3) is 0 Å². The van der Waals surface area contributed by atoms with E-state index in [-0.39, 0.29) is 6.10 Å². The second-order valence-corrected chi connectivity index (χ2v) is 5.15. The fraction of sp³-hybridized carbons (Fsp3) is 0.235. The summed E-state index contributed by atoms with van der Waals surface area (Å²) in [5.41, 5.74) is 4.58. The van der Waals surface area contributed by atoms with Crippen LogP contribution in [0.5, 0.6) is 5.75 Å². The van der Waals surface area contributed by atoms with Gasteiger partial charge in [0, 0.05) is 0 Å². The summed E-state index contributed by atoms with van der Waals surface area (Å²) in [6.07, 6.45) is -0.106.